The Morgan fingerprint density at radius 2 is 0.787 bits per heavy atom. The second-order valence-corrected chi connectivity index (χ2v) is 17.7. The standard InChI is InChI=1S/C28H22Cl2N2O2.C27H20Cl2N2O2.2CO2.2CH4/c1-18-3-5-19(6-4-18)17-34-32-28(16-27(31-32)23-12-24(29)15-25(30)13-23)22-8-7-21-14-26(33-2)10-9-20(21)11-22;1-32-25-10-9-19-11-21(8-7-20(19)14-25)27-16-26(22-12-23(28)15-24(29)13-22)30-31(27)33-17-18-5-3-2-4-6-18;2*2-1-3;;/h3-16H,17H2,1-2H3;2-16H,17H2,1H3;;;2*1H4. The summed E-state index contributed by atoms with van der Waals surface area (Å²) in [5, 5.41) is 16.0. The second-order valence-electron chi connectivity index (χ2n) is 15.9. The number of halogens is 4. The second kappa shape index (κ2) is 27.8. The van der Waals surface area contributed by atoms with Crippen molar-refractivity contribution in [2.75, 3.05) is 14.2 Å². The summed E-state index contributed by atoms with van der Waals surface area (Å²) in [6, 6.07) is 57.5. The minimum atomic E-state index is 0. The molecule has 0 saturated heterocycles. The number of nitrogens with zero attached hydrogens (tertiary/aromatic N) is 4. The van der Waals surface area contributed by atoms with Gasteiger partial charge in [-0.05, 0) is 125 Å². The molecule has 75 heavy (non-hydrogen) atoms. The largest absolute Gasteiger partial charge is 0.497 e. The van der Waals surface area contributed by atoms with E-state index in [4.69, 9.17) is 94.9 Å². The van der Waals surface area contributed by atoms with Gasteiger partial charge in [0, 0.05) is 42.3 Å². The van der Waals surface area contributed by atoms with Gasteiger partial charge in [-0.1, -0.05) is 168 Å². The molecule has 0 amide bonds. The summed E-state index contributed by atoms with van der Waals surface area (Å²) in [4.78, 5) is 47.9. The molecular formula is C59H50Cl4N4O8. The third-order valence-corrected chi connectivity index (χ3v) is 11.9. The van der Waals surface area contributed by atoms with Crippen molar-refractivity contribution in [3.8, 4) is 56.5 Å². The summed E-state index contributed by atoms with van der Waals surface area (Å²) in [6.07, 6.45) is 0.500. The summed E-state index contributed by atoms with van der Waals surface area (Å²) in [7, 11) is 3.34. The number of methoxy groups -OCH3 is 2. The van der Waals surface area contributed by atoms with Crippen LogP contribution in [0, 0.1) is 6.92 Å². The summed E-state index contributed by atoms with van der Waals surface area (Å²) < 4.78 is 10.7. The zero-order valence-electron chi connectivity index (χ0n) is 39.2. The molecule has 0 unspecified atom stereocenters. The van der Waals surface area contributed by atoms with E-state index in [0.29, 0.717) is 33.3 Å². The highest BCUT2D eigenvalue weighted by atomic mass is 35.5. The molecule has 10 aromatic rings. The fourth-order valence-corrected chi connectivity index (χ4v) is 8.60. The summed E-state index contributed by atoms with van der Waals surface area (Å²) in [6.45, 7) is 2.83. The monoisotopic (exact) mass is 1080 g/mol. The Labute approximate surface area is 454 Å². The van der Waals surface area contributed by atoms with Crippen LogP contribution in [-0.4, -0.2) is 46.4 Å². The van der Waals surface area contributed by atoms with E-state index >= 15 is 0 Å². The van der Waals surface area contributed by atoms with Gasteiger partial charge in [0.25, 0.3) is 0 Å². The van der Waals surface area contributed by atoms with Crippen LogP contribution < -0.4 is 19.1 Å². The van der Waals surface area contributed by atoms with Crippen LogP contribution in [0.1, 0.15) is 31.5 Å². The average molecular weight is 1080 g/mol. The van der Waals surface area contributed by atoms with Gasteiger partial charge in [-0.15, -0.1) is 10.2 Å². The number of fused-ring (bicyclic) bond motifs is 2. The van der Waals surface area contributed by atoms with E-state index in [9.17, 15) is 0 Å². The Bertz CT molecular complexity index is 3520. The Morgan fingerprint density at radius 3 is 1.17 bits per heavy atom. The highest BCUT2D eigenvalue weighted by molar-refractivity contribution is 6.35. The van der Waals surface area contributed by atoms with Crippen molar-refractivity contribution < 1.29 is 38.3 Å². The van der Waals surface area contributed by atoms with Crippen LogP contribution in [0.5, 0.6) is 11.5 Å². The lowest BCUT2D eigenvalue weighted by atomic mass is 10.0. The average Bonchev–Trinajstić information content (AvgIpc) is 4.03. The smallest absolute Gasteiger partial charge is 0.373 e. The van der Waals surface area contributed by atoms with Crippen LogP contribution in [-0.2, 0) is 32.4 Å². The molecule has 2 heterocycles. The van der Waals surface area contributed by atoms with Gasteiger partial charge < -0.3 is 19.1 Å². The highest BCUT2D eigenvalue weighted by Gasteiger charge is 2.17. The first-order valence-corrected chi connectivity index (χ1v) is 23.6. The van der Waals surface area contributed by atoms with Gasteiger partial charge in [-0.25, -0.2) is 0 Å². The van der Waals surface area contributed by atoms with E-state index in [0.717, 1.165) is 89.2 Å². The van der Waals surface area contributed by atoms with Gasteiger partial charge >= 0.3 is 12.3 Å². The molecule has 0 aliphatic heterocycles. The van der Waals surface area contributed by atoms with Crippen molar-refractivity contribution in [3.05, 3.63) is 213 Å². The van der Waals surface area contributed by atoms with E-state index in [1.165, 1.54) is 5.56 Å². The van der Waals surface area contributed by atoms with Gasteiger partial charge in [0.2, 0.25) is 0 Å². The molecule has 0 aliphatic carbocycles. The number of benzene rings is 8. The maximum atomic E-state index is 8.12. The number of hydrogen-bond donors (Lipinski definition) is 0. The van der Waals surface area contributed by atoms with Gasteiger partial charge in [0.05, 0.1) is 25.6 Å². The molecule has 0 saturated carbocycles. The number of ether oxygens (including phenoxy) is 2. The molecule has 0 spiro atoms. The number of rotatable bonds is 12. The summed E-state index contributed by atoms with van der Waals surface area (Å²) >= 11 is 25.0. The maximum Gasteiger partial charge on any atom is 0.373 e. The summed E-state index contributed by atoms with van der Waals surface area (Å²) in [5.41, 5.74) is 10.0. The molecule has 0 radical (unpaired) electrons. The lowest BCUT2D eigenvalue weighted by Gasteiger charge is -2.10. The topological polar surface area (TPSA) is 141 Å². The molecule has 12 nitrogen and oxygen atoms in total. The molecule has 10 rings (SSSR count). The fraction of sp³-hybridized carbons (Fsp3) is 0.119. The maximum absolute atomic E-state index is 8.12. The van der Waals surface area contributed by atoms with Crippen molar-refractivity contribution in [2.45, 2.75) is 35.0 Å². The number of aryl methyl sites for hydroxylation is 1. The van der Waals surface area contributed by atoms with Gasteiger partial charge in [-0.3, -0.25) is 0 Å². The van der Waals surface area contributed by atoms with Crippen LogP contribution >= 0.6 is 46.4 Å². The molecule has 2 aromatic heterocycles. The van der Waals surface area contributed by atoms with E-state index in [2.05, 4.69) is 67.6 Å². The molecule has 0 fully saturated rings. The quantitative estimate of drug-likeness (QED) is 0.116. The zero-order valence-corrected chi connectivity index (χ0v) is 42.2. The fourth-order valence-electron chi connectivity index (χ4n) is 7.55. The molecule has 0 N–H and O–H groups in total. The Kier molecular flexibility index (Phi) is 21.4. The Hall–Kier alpha value is -8.18. The molecule has 8 aromatic carbocycles. The number of hydrogen-bond acceptors (Lipinski definition) is 10. The SMILES string of the molecule is C.C.COc1ccc2cc(-c3cc(-c4cc(Cl)cc(Cl)c4)nn3OCc3ccc(C)cc3)ccc2c1.COc1ccc2cc(-c3cc(-c4cc(Cl)cc(Cl)c4)nn3OCc3ccccc3)ccc2c1.O=C=O.O=C=O. The van der Waals surface area contributed by atoms with Crippen LogP contribution in [0.15, 0.2) is 176 Å². The molecule has 0 aliphatic rings. The lowest BCUT2D eigenvalue weighted by molar-refractivity contribution is -0.193. The number of carbonyl (C=O) groups excluding carboxylic acids is 4. The van der Waals surface area contributed by atoms with Gasteiger partial charge in [0.15, 0.2) is 0 Å². The lowest BCUT2D eigenvalue weighted by Crippen LogP contribution is -2.14. The third-order valence-electron chi connectivity index (χ3n) is 11.0. The van der Waals surface area contributed by atoms with Gasteiger partial charge in [-0.2, -0.15) is 19.2 Å². The summed E-state index contributed by atoms with van der Waals surface area (Å²) in [5.74, 6) is 1.65. The van der Waals surface area contributed by atoms with Crippen molar-refractivity contribution in [1.82, 2.24) is 19.9 Å². The van der Waals surface area contributed by atoms with Crippen LogP contribution in [0.25, 0.3) is 66.6 Å². The van der Waals surface area contributed by atoms with Crippen molar-refractivity contribution >= 4 is 80.3 Å². The van der Waals surface area contributed by atoms with Crippen molar-refractivity contribution in [2.24, 2.45) is 0 Å². The Balaban J connectivity index is 0.000000245. The predicted octanol–water partition coefficient (Wildman–Crippen LogP) is 15.0. The zero-order chi connectivity index (χ0) is 51.9. The normalized spacial score (nSPS) is 10.1. The minimum Gasteiger partial charge on any atom is -0.497 e. The molecule has 0 bridgehead atoms. The van der Waals surface area contributed by atoms with E-state index < -0.39 is 0 Å². The minimum absolute atomic E-state index is 0. The molecule has 16 heteroatoms. The van der Waals surface area contributed by atoms with Crippen LogP contribution in [0.2, 0.25) is 20.1 Å². The van der Waals surface area contributed by atoms with E-state index in [1.54, 1.807) is 36.0 Å². The molecule has 382 valence electrons. The van der Waals surface area contributed by atoms with Crippen molar-refractivity contribution in [1.29, 1.82) is 0 Å². The highest BCUT2D eigenvalue weighted by Crippen LogP contribution is 2.34. The van der Waals surface area contributed by atoms with Gasteiger partial charge in [0.1, 0.15) is 36.1 Å². The van der Waals surface area contributed by atoms with E-state index in [-0.39, 0.29) is 27.2 Å². The first-order chi connectivity index (χ1) is 35.4. The van der Waals surface area contributed by atoms with Crippen LogP contribution in [0.3, 0.4) is 0 Å². The molecular weight excluding hydrogens is 1030 g/mol. The first kappa shape index (κ1) is 57.7. The van der Waals surface area contributed by atoms with Crippen LogP contribution in [0.4, 0.5) is 0 Å². The Morgan fingerprint density at radius 1 is 0.427 bits per heavy atom. The first-order valence-electron chi connectivity index (χ1n) is 22.0. The molecule has 0 atom stereocenters. The number of aromatic nitrogens is 4. The predicted molar refractivity (Wildman–Crippen MR) is 296 cm³/mol. The van der Waals surface area contributed by atoms with E-state index in [1.807, 2.05) is 103 Å². The van der Waals surface area contributed by atoms with Crippen molar-refractivity contribution in [3.63, 3.8) is 0 Å². The third kappa shape index (κ3) is 15.4.